The van der Waals surface area contributed by atoms with Crippen LogP contribution in [0.4, 0.5) is 23.7 Å². The normalized spacial score (nSPS) is 14.3. The Balaban J connectivity index is 1.11. The number of halogens is 3. The van der Waals surface area contributed by atoms with Crippen molar-refractivity contribution in [3.63, 3.8) is 0 Å². The standard InChI is InChI=1S/C32H33F3N6O3S/c1-21(2)27-19-26(43-3)14-15-28(27)40-17-18-45-31(40)38-30(42)36-16-4-5-22-6-8-23(9-7-22)29-37-20-41(39-29)24-10-12-25(13-11-24)44-32(33,34)35/h6-15,19-21H,4-5,16-18H2,1-3H3,(H,36,42)/b38-31-. The molecule has 4 aromatic rings. The van der Waals surface area contributed by atoms with Crippen LogP contribution in [0, 0.1) is 0 Å². The Morgan fingerprint density at radius 3 is 2.49 bits per heavy atom. The molecule has 9 nitrogen and oxygen atoms in total. The third kappa shape index (κ3) is 8.35. The molecule has 3 aromatic carbocycles. The molecule has 5 rings (SSSR count). The lowest BCUT2D eigenvalue weighted by atomic mass is 10.00. The smallest absolute Gasteiger partial charge is 0.497 e. The number of aromatic nitrogens is 3. The zero-order valence-electron chi connectivity index (χ0n) is 25.0. The van der Waals surface area contributed by atoms with Crippen molar-refractivity contribution in [3.8, 4) is 28.6 Å². The van der Waals surface area contributed by atoms with E-state index < -0.39 is 6.36 Å². The highest BCUT2D eigenvalue weighted by Crippen LogP contribution is 2.35. The number of nitrogens with one attached hydrogen (secondary N) is 1. The van der Waals surface area contributed by atoms with Crippen LogP contribution < -0.4 is 19.7 Å². The highest BCUT2D eigenvalue weighted by molar-refractivity contribution is 8.14. The molecule has 0 bridgehead atoms. The largest absolute Gasteiger partial charge is 0.573 e. The summed E-state index contributed by atoms with van der Waals surface area (Å²) in [7, 11) is 1.65. The summed E-state index contributed by atoms with van der Waals surface area (Å²) in [6.07, 6.45) is -1.75. The second-order valence-corrected chi connectivity index (χ2v) is 11.6. The van der Waals surface area contributed by atoms with Crippen LogP contribution in [0.1, 0.15) is 37.3 Å². The number of aliphatic imine (C=N–C) groups is 1. The van der Waals surface area contributed by atoms with Crippen molar-refractivity contribution in [2.24, 2.45) is 4.99 Å². The van der Waals surface area contributed by atoms with Crippen molar-refractivity contribution >= 4 is 28.6 Å². The van der Waals surface area contributed by atoms with E-state index in [0.717, 1.165) is 53.3 Å². The number of aryl methyl sites for hydroxylation is 1. The van der Waals surface area contributed by atoms with E-state index in [4.69, 9.17) is 4.74 Å². The number of methoxy groups -OCH3 is 1. The van der Waals surface area contributed by atoms with E-state index >= 15 is 0 Å². The lowest BCUT2D eigenvalue weighted by Crippen LogP contribution is -2.29. The van der Waals surface area contributed by atoms with Crippen molar-refractivity contribution in [1.29, 1.82) is 0 Å². The number of rotatable bonds is 10. The molecule has 0 aliphatic carbocycles. The summed E-state index contributed by atoms with van der Waals surface area (Å²) in [5.41, 5.74) is 4.63. The van der Waals surface area contributed by atoms with Gasteiger partial charge in [0.15, 0.2) is 11.0 Å². The average Bonchev–Trinajstić information content (AvgIpc) is 3.69. The number of hydrogen-bond acceptors (Lipinski definition) is 6. The van der Waals surface area contributed by atoms with Gasteiger partial charge in [-0.15, -0.1) is 18.3 Å². The predicted molar refractivity (Wildman–Crippen MR) is 170 cm³/mol. The number of carbonyl (C=O) groups excluding carboxylic acids is 1. The molecule has 1 aliphatic heterocycles. The number of hydrogen-bond donors (Lipinski definition) is 1. The van der Waals surface area contributed by atoms with Gasteiger partial charge < -0.3 is 19.7 Å². The number of alkyl halides is 3. The number of nitrogens with zero attached hydrogens (tertiary/aromatic N) is 5. The third-order valence-corrected chi connectivity index (χ3v) is 8.04. The number of thioether (sulfide) groups is 1. The fraction of sp³-hybridized carbons (Fsp3) is 0.312. The Labute approximate surface area is 263 Å². The van der Waals surface area contributed by atoms with Crippen molar-refractivity contribution in [2.75, 3.05) is 30.9 Å². The minimum atomic E-state index is -4.75. The zero-order valence-corrected chi connectivity index (χ0v) is 25.9. The molecule has 1 saturated heterocycles. The minimum Gasteiger partial charge on any atom is -0.497 e. The van der Waals surface area contributed by atoms with Crippen LogP contribution in [-0.2, 0) is 6.42 Å². The van der Waals surface area contributed by atoms with Gasteiger partial charge in [-0.1, -0.05) is 49.9 Å². The van der Waals surface area contributed by atoms with E-state index in [1.54, 1.807) is 18.9 Å². The number of anilines is 1. The van der Waals surface area contributed by atoms with Crippen LogP contribution in [0.15, 0.2) is 78.0 Å². The van der Waals surface area contributed by atoms with Crippen molar-refractivity contribution in [3.05, 3.63) is 84.2 Å². The molecule has 0 atom stereocenters. The molecular formula is C32H33F3N6O3S. The molecule has 0 saturated carbocycles. The minimum absolute atomic E-state index is 0.287. The van der Waals surface area contributed by atoms with Gasteiger partial charge >= 0.3 is 12.4 Å². The molecule has 236 valence electrons. The lowest BCUT2D eigenvalue weighted by Gasteiger charge is -2.23. The van der Waals surface area contributed by atoms with Crippen LogP contribution in [0.5, 0.6) is 11.5 Å². The summed E-state index contributed by atoms with van der Waals surface area (Å²) in [5.74, 6) is 2.12. The molecule has 45 heavy (non-hydrogen) atoms. The highest BCUT2D eigenvalue weighted by atomic mass is 32.2. The SMILES string of the molecule is COc1ccc(N2CCS/C2=N\C(=O)NCCCc2ccc(-c3ncn(-c4ccc(OC(F)(F)F)cc4)n3)cc2)c(C(C)C)c1. The van der Waals surface area contributed by atoms with Crippen LogP contribution in [-0.4, -0.2) is 58.3 Å². The first-order valence-corrected chi connectivity index (χ1v) is 15.4. The average molecular weight is 639 g/mol. The van der Waals surface area contributed by atoms with Crippen LogP contribution >= 0.6 is 11.8 Å². The Bertz CT molecular complexity index is 1640. The second-order valence-electron chi connectivity index (χ2n) is 10.6. The summed E-state index contributed by atoms with van der Waals surface area (Å²) in [5, 5.41) is 8.04. The number of ether oxygens (including phenoxy) is 2. The number of amides is 2. The maximum atomic E-state index is 12.7. The Morgan fingerprint density at radius 2 is 1.80 bits per heavy atom. The topological polar surface area (TPSA) is 93.9 Å². The van der Waals surface area contributed by atoms with Crippen LogP contribution in [0.2, 0.25) is 0 Å². The molecule has 1 fully saturated rings. The van der Waals surface area contributed by atoms with Crippen LogP contribution in [0.3, 0.4) is 0 Å². The Morgan fingerprint density at radius 1 is 1.07 bits per heavy atom. The monoisotopic (exact) mass is 638 g/mol. The number of amidine groups is 1. The fourth-order valence-electron chi connectivity index (χ4n) is 4.84. The maximum absolute atomic E-state index is 12.7. The molecule has 0 radical (unpaired) electrons. The van der Waals surface area contributed by atoms with E-state index in [0.29, 0.717) is 23.2 Å². The lowest BCUT2D eigenvalue weighted by molar-refractivity contribution is -0.274. The van der Waals surface area contributed by atoms with Gasteiger partial charge in [-0.3, -0.25) is 0 Å². The molecular weight excluding hydrogens is 605 g/mol. The van der Waals surface area contributed by atoms with Gasteiger partial charge in [0.05, 0.1) is 12.8 Å². The summed E-state index contributed by atoms with van der Waals surface area (Å²) in [6, 6.07) is 18.8. The first kappa shape index (κ1) is 31.9. The zero-order chi connectivity index (χ0) is 32.0. The third-order valence-electron chi connectivity index (χ3n) is 7.08. The second kappa shape index (κ2) is 14.1. The number of urea groups is 1. The van der Waals surface area contributed by atoms with Crippen molar-refractivity contribution in [1.82, 2.24) is 20.1 Å². The first-order valence-electron chi connectivity index (χ1n) is 14.4. The van der Waals surface area contributed by atoms with Gasteiger partial charge in [-0.05, 0) is 72.4 Å². The van der Waals surface area contributed by atoms with Gasteiger partial charge in [0, 0.05) is 30.1 Å². The molecule has 13 heteroatoms. The summed E-state index contributed by atoms with van der Waals surface area (Å²) >= 11 is 1.57. The molecule has 0 unspecified atom stereocenters. The quantitative estimate of drug-likeness (QED) is 0.183. The number of carbonyl (C=O) groups is 1. The maximum Gasteiger partial charge on any atom is 0.573 e. The molecule has 2 amide bonds. The summed E-state index contributed by atoms with van der Waals surface area (Å²) < 4.78 is 48.0. The molecule has 2 heterocycles. The van der Waals surface area contributed by atoms with E-state index in [2.05, 4.69) is 43.9 Å². The number of benzene rings is 3. The highest BCUT2D eigenvalue weighted by Gasteiger charge is 2.31. The van der Waals surface area contributed by atoms with Gasteiger partial charge in [-0.25, -0.2) is 14.5 Å². The molecule has 1 aliphatic rings. The predicted octanol–water partition coefficient (Wildman–Crippen LogP) is 7.22. The van der Waals surface area contributed by atoms with E-state index in [1.807, 2.05) is 42.5 Å². The van der Waals surface area contributed by atoms with E-state index in [9.17, 15) is 18.0 Å². The van der Waals surface area contributed by atoms with Crippen molar-refractivity contribution in [2.45, 2.75) is 39.0 Å². The molecule has 0 spiro atoms. The fourth-order valence-corrected chi connectivity index (χ4v) is 5.79. The van der Waals surface area contributed by atoms with Gasteiger partial charge in [0.1, 0.15) is 17.8 Å². The Hall–Kier alpha value is -4.52. The van der Waals surface area contributed by atoms with Crippen LogP contribution in [0.25, 0.3) is 17.1 Å². The van der Waals surface area contributed by atoms with Gasteiger partial charge in [0.25, 0.3) is 0 Å². The van der Waals surface area contributed by atoms with E-state index in [-0.39, 0.29) is 17.7 Å². The first-order chi connectivity index (χ1) is 21.6. The molecule has 1 N–H and O–H groups in total. The van der Waals surface area contributed by atoms with Gasteiger partial charge in [-0.2, -0.15) is 4.99 Å². The van der Waals surface area contributed by atoms with Crippen molar-refractivity contribution < 1.29 is 27.4 Å². The van der Waals surface area contributed by atoms with Gasteiger partial charge in [0.2, 0.25) is 0 Å². The van der Waals surface area contributed by atoms with E-state index in [1.165, 1.54) is 35.3 Å². The summed E-state index contributed by atoms with van der Waals surface area (Å²) in [4.78, 5) is 23.4. The summed E-state index contributed by atoms with van der Waals surface area (Å²) in [6.45, 7) is 5.54. The molecule has 1 aromatic heterocycles. The Kier molecular flexibility index (Phi) is 9.96.